The zero-order valence-electron chi connectivity index (χ0n) is 16.3. The summed E-state index contributed by atoms with van der Waals surface area (Å²) in [6, 6.07) is 15.5. The maximum Gasteiger partial charge on any atom is 0.251 e. The lowest BCUT2D eigenvalue weighted by atomic mass is 10.0. The number of nitrogens with two attached hydrogens (primary N) is 1. The van der Waals surface area contributed by atoms with Crippen LogP contribution >= 0.6 is 12.4 Å². The number of amides is 1. The van der Waals surface area contributed by atoms with E-state index in [2.05, 4.69) is 30.1 Å². The molecule has 1 atom stereocenters. The van der Waals surface area contributed by atoms with Gasteiger partial charge < -0.3 is 15.8 Å². The monoisotopic (exact) mass is 391 g/mol. The largest absolute Gasteiger partial charge is 0.497 e. The minimum Gasteiger partial charge on any atom is -0.497 e. The first-order valence-electron chi connectivity index (χ1n) is 9.08. The topological polar surface area (TPSA) is 67.6 Å². The van der Waals surface area contributed by atoms with Gasteiger partial charge in [0.15, 0.2) is 0 Å². The van der Waals surface area contributed by atoms with Crippen LogP contribution in [-0.2, 0) is 6.54 Å². The van der Waals surface area contributed by atoms with Gasteiger partial charge in [-0.25, -0.2) is 0 Å². The van der Waals surface area contributed by atoms with Crippen LogP contribution in [0.5, 0.6) is 5.75 Å². The van der Waals surface area contributed by atoms with Gasteiger partial charge in [-0.05, 0) is 48.5 Å². The number of hydrogen-bond donors (Lipinski definition) is 2. The second-order valence-electron chi connectivity index (χ2n) is 6.12. The molecular formula is C21H30ClN3O2. The Bertz CT molecular complexity index is 703. The molecule has 27 heavy (non-hydrogen) atoms. The predicted molar refractivity (Wildman–Crippen MR) is 113 cm³/mol. The van der Waals surface area contributed by atoms with Gasteiger partial charge in [-0.3, -0.25) is 9.69 Å². The number of nitrogens with zero attached hydrogens (tertiary/aromatic N) is 1. The van der Waals surface area contributed by atoms with Crippen LogP contribution in [0.15, 0.2) is 48.5 Å². The van der Waals surface area contributed by atoms with E-state index in [0.717, 1.165) is 30.0 Å². The molecule has 2 rings (SSSR count). The van der Waals surface area contributed by atoms with E-state index < -0.39 is 0 Å². The van der Waals surface area contributed by atoms with Crippen LogP contribution in [0.3, 0.4) is 0 Å². The summed E-state index contributed by atoms with van der Waals surface area (Å²) in [7, 11) is 1.66. The number of hydrogen-bond acceptors (Lipinski definition) is 4. The third-order valence-corrected chi connectivity index (χ3v) is 4.64. The van der Waals surface area contributed by atoms with Gasteiger partial charge in [0.25, 0.3) is 5.91 Å². The minimum absolute atomic E-state index is 0. The Morgan fingerprint density at radius 1 is 1.15 bits per heavy atom. The Kier molecular flexibility index (Phi) is 9.86. The van der Waals surface area contributed by atoms with Crippen molar-refractivity contribution in [1.82, 2.24) is 10.2 Å². The van der Waals surface area contributed by atoms with Gasteiger partial charge in [-0.15, -0.1) is 12.4 Å². The highest BCUT2D eigenvalue weighted by Crippen LogP contribution is 2.24. The van der Waals surface area contributed by atoms with E-state index >= 15 is 0 Å². The zero-order chi connectivity index (χ0) is 18.9. The fourth-order valence-electron chi connectivity index (χ4n) is 3.05. The Labute approximate surface area is 168 Å². The van der Waals surface area contributed by atoms with Crippen molar-refractivity contribution in [2.24, 2.45) is 5.73 Å². The molecule has 148 valence electrons. The molecule has 0 aliphatic heterocycles. The SMILES string of the molecule is CCN(CC)C(CNC(=O)c1ccc(CN)cc1)c1cccc(OC)c1.Cl. The fraction of sp³-hybridized carbons (Fsp3) is 0.381. The van der Waals surface area contributed by atoms with Gasteiger partial charge in [0.05, 0.1) is 13.2 Å². The van der Waals surface area contributed by atoms with Crippen LogP contribution in [0.2, 0.25) is 0 Å². The van der Waals surface area contributed by atoms with Crippen molar-refractivity contribution in [3.05, 3.63) is 65.2 Å². The summed E-state index contributed by atoms with van der Waals surface area (Å²) in [6.45, 7) is 7.07. The summed E-state index contributed by atoms with van der Waals surface area (Å²) in [5.41, 5.74) is 8.40. The standard InChI is InChI=1S/C21H29N3O2.ClH/c1-4-24(5-2)20(18-7-6-8-19(13-18)26-3)15-23-21(25)17-11-9-16(14-22)10-12-17;/h6-13,20H,4-5,14-15,22H2,1-3H3,(H,23,25);1H. The third-order valence-electron chi connectivity index (χ3n) is 4.64. The molecule has 0 fully saturated rings. The second kappa shape index (κ2) is 11.6. The van der Waals surface area contributed by atoms with Crippen LogP contribution in [0.25, 0.3) is 0 Å². The molecule has 0 saturated carbocycles. The van der Waals surface area contributed by atoms with Gasteiger partial charge in [-0.1, -0.05) is 38.1 Å². The number of carbonyl (C=O) groups excluding carboxylic acids is 1. The first kappa shape index (κ1) is 23.0. The molecule has 3 N–H and O–H groups in total. The number of likely N-dealkylation sites (N-methyl/N-ethyl adjacent to an activating group) is 1. The smallest absolute Gasteiger partial charge is 0.251 e. The van der Waals surface area contributed by atoms with Gasteiger partial charge >= 0.3 is 0 Å². The number of methoxy groups -OCH3 is 1. The summed E-state index contributed by atoms with van der Waals surface area (Å²) < 4.78 is 5.35. The van der Waals surface area contributed by atoms with E-state index in [1.807, 2.05) is 42.5 Å². The number of nitrogens with one attached hydrogen (secondary N) is 1. The van der Waals surface area contributed by atoms with Gasteiger partial charge in [0, 0.05) is 18.7 Å². The number of halogens is 1. The fourth-order valence-corrected chi connectivity index (χ4v) is 3.05. The van der Waals surface area contributed by atoms with E-state index in [9.17, 15) is 4.79 Å². The second-order valence-corrected chi connectivity index (χ2v) is 6.12. The lowest BCUT2D eigenvalue weighted by Crippen LogP contribution is -2.38. The summed E-state index contributed by atoms with van der Waals surface area (Å²) in [6.07, 6.45) is 0. The summed E-state index contributed by atoms with van der Waals surface area (Å²) in [5, 5.41) is 3.07. The van der Waals surface area contributed by atoms with Crippen LogP contribution in [0, 0.1) is 0 Å². The summed E-state index contributed by atoms with van der Waals surface area (Å²) in [4.78, 5) is 14.8. The minimum atomic E-state index is -0.0753. The average Bonchev–Trinajstić information content (AvgIpc) is 2.71. The summed E-state index contributed by atoms with van der Waals surface area (Å²) in [5.74, 6) is 0.747. The molecule has 0 heterocycles. The lowest BCUT2D eigenvalue weighted by molar-refractivity contribution is 0.0935. The van der Waals surface area contributed by atoms with E-state index in [1.165, 1.54) is 0 Å². The molecule has 0 aliphatic carbocycles. The van der Waals surface area contributed by atoms with Crippen molar-refractivity contribution in [2.45, 2.75) is 26.4 Å². The maximum absolute atomic E-state index is 12.5. The third kappa shape index (κ3) is 6.24. The Hall–Kier alpha value is -2.08. The summed E-state index contributed by atoms with van der Waals surface area (Å²) >= 11 is 0. The molecule has 0 spiro atoms. The maximum atomic E-state index is 12.5. The molecule has 0 aliphatic rings. The molecule has 1 amide bonds. The van der Waals surface area contributed by atoms with Crippen molar-refractivity contribution in [1.29, 1.82) is 0 Å². The molecule has 0 radical (unpaired) electrons. The van der Waals surface area contributed by atoms with Crippen molar-refractivity contribution in [3.63, 3.8) is 0 Å². The van der Waals surface area contributed by atoms with E-state index in [1.54, 1.807) is 7.11 Å². The molecule has 5 nitrogen and oxygen atoms in total. The van der Waals surface area contributed by atoms with E-state index in [0.29, 0.717) is 18.7 Å². The molecule has 0 aromatic heterocycles. The van der Waals surface area contributed by atoms with Crippen LogP contribution in [0.1, 0.15) is 41.4 Å². The van der Waals surface area contributed by atoms with Gasteiger partial charge in [-0.2, -0.15) is 0 Å². The van der Waals surface area contributed by atoms with Crippen molar-refractivity contribution in [2.75, 3.05) is 26.7 Å². The Morgan fingerprint density at radius 2 is 1.81 bits per heavy atom. The average molecular weight is 392 g/mol. The molecule has 1 unspecified atom stereocenters. The molecular weight excluding hydrogens is 362 g/mol. The lowest BCUT2D eigenvalue weighted by Gasteiger charge is -2.30. The van der Waals surface area contributed by atoms with E-state index in [-0.39, 0.29) is 24.4 Å². The quantitative estimate of drug-likeness (QED) is 0.687. The van der Waals surface area contributed by atoms with Crippen LogP contribution in [0.4, 0.5) is 0 Å². The van der Waals surface area contributed by atoms with Crippen LogP contribution < -0.4 is 15.8 Å². The molecule has 6 heteroatoms. The first-order chi connectivity index (χ1) is 12.6. The number of benzene rings is 2. The normalized spacial score (nSPS) is 11.6. The molecule has 2 aromatic rings. The Balaban J connectivity index is 0.00000364. The highest BCUT2D eigenvalue weighted by Gasteiger charge is 2.19. The molecule has 2 aromatic carbocycles. The number of ether oxygens (including phenoxy) is 1. The van der Waals surface area contributed by atoms with Crippen molar-refractivity contribution in [3.8, 4) is 5.75 Å². The molecule has 0 bridgehead atoms. The van der Waals surface area contributed by atoms with Crippen molar-refractivity contribution >= 4 is 18.3 Å². The molecule has 0 saturated heterocycles. The Morgan fingerprint density at radius 3 is 2.37 bits per heavy atom. The first-order valence-corrected chi connectivity index (χ1v) is 9.08. The van der Waals surface area contributed by atoms with Crippen LogP contribution in [-0.4, -0.2) is 37.6 Å². The highest BCUT2D eigenvalue weighted by atomic mass is 35.5. The van der Waals surface area contributed by atoms with Gasteiger partial charge in [0.2, 0.25) is 0 Å². The van der Waals surface area contributed by atoms with Gasteiger partial charge in [0.1, 0.15) is 5.75 Å². The van der Waals surface area contributed by atoms with E-state index in [4.69, 9.17) is 10.5 Å². The zero-order valence-corrected chi connectivity index (χ0v) is 17.1. The highest BCUT2D eigenvalue weighted by molar-refractivity contribution is 5.94. The number of rotatable bonds is 9. The van der Waals surface area contributed by atoms with Crippen molar-refractivity contribution < 1.29 is 9.53 Å². The number of carbonyl (C=O) groups is 1. The predicted octanol–water partition coefficient (Wildman–Crippen LogP) is 3.39.